The highest BCUT2D eigenvalue weighted by Gasteiger charge is 2.42. The second-order valence-electron chi connectivity index (χ2n) is 7.74. The molecule has 1 N–H and O–H groups in total. The maximum Gasteiger partial charge on any atom is 0.330 e. The molecule has 1 amide bonds. The summed E-state index contributed by atoms with van der Waals surface area (Å²) < 4.78 is 10.9. The first-order valence-electron chi connectivity index (χ1n) is 10.2. The van der Waals surface area contributed by atoms with Gasteiger partial charge in [0.1, 0.15) is 5.75 Å². The molecule has 0 saturated carbocycles. The second kappa shape index (κ2) is 8.71. The van der Waals surface area contributed by atoms with Crippen molar-refractivity contribution in [2.45, 2.75) is 25.0 Å². The molecule has 2 aromatic carbocycles. The Labute approximate surface area is 176 Å². The molecular formula is C24H26N2O4. The van der Waals surface area contributed by atoms with Gasteiger partial charge < -0.3 is 19.7 Å². The minimum atomic E-state index is -0.642. The van der Waals surface area contributed by atoms with Gasteiger partial charge in [-0.25, -0.2) is 4.79 Å². The van der Waals surface area contributed by atoms with E-state index in [0.717, 1.165) is 44.5 Å². The van der Waals surface area contributed by atoms with Gasteiger partial charge in [-0.1, -0.05) is 36.4 Å². The van der Waals surface area contributed by atoms with Crippen LogP contribution in [0, 0.1) is 0 Å². The number of rotatable bonds is 5. The van der Waals surface area contributed by atoms with Gasteiger partial charge in [-0.3, -0.25) is 4.79 Å². The number of nitrogens with one attached hydrogen (secondary N) is 1. The summed E-state index contributed by atoms with van der Waals surface area (Å²) in [6.45, 7) is 2.76. The Morgan fingerprint density at radius 1 is 1.20 bits per heavy atom. The summed E-state index contributed by atoms with van der Waals surface area (Å²) in [6, 6.07) is 15.8. The molecule has 4 rings (SSSR count). The minimum absolute atomic E-state index is 0.137. The molecule has 2 aliphatic heterocycles. The van der Waals surface area contributed by atoms with Crippen molar-refractivity contribution in [3.05, 3.63) is 71.3 Å². The molecule has 30 heavy (non-hydrogen) atoms. The van der Waals surface area contributed by atoms with Crippen LogP contribution < -0.4 is 10.1 Å². The molecule has 0 unspecified atom stereocenters. The van der Waals surface area contributed by atoms with Crippen LogP contribution in [0.15, 0.2) is 54.6 Å². The van der Waals surface area contributed by atoms with Gasteiger partial charge in [0.2, 0.25) is 0 Å². The molecule has 0 atom stereocenters. The van der Waals surface area contributed by atoms with E-state index in [4.69, 9.17) is 4.74 Å². The summed E-state index contributed by atoms with van der Waals surface area (Å²) in [6.07, 6.45) is 5.46. The third kappa shape index (κ3) is 4.54. The lowest BCUT2D eigenvalue weighted by molar-refractivity contribution is -0.134. The van der Waals surface area contributed by atoms with Gasteiger partial charge in [-0.2, -0.15) is 0 Å². The van der Waals surface area contributed by atoms with E-state index < -0.39 is 11.7 Å². The van der Waals surface area contributed by atoms with Crippen molar-refractivity contribution in [2.75, 3.05) is 26.7 Å². The molecule has 156 valence electrons. The highest BCUT2D eigenvalue weighted by Crippen LogP contribution is 2.34. The number of fused-ring (bicyclic) bond motifs is 1. The number of likely N-dealkylation sites (tertiary alicyclic amines) is 1. The number of amides is 1. The van der Waals surface area contributed by atoms with Crippen molar-refractivity contribution in [1.82, 2.24) is 10.2 Å². The zero-order chi connectivity index (χ0) is 21.0. The van der Waals surface area contributed by atoms with Gasteiger partial charge in [0.15, 0.2) is 5.72 Å². The van der Waals surface area contributed by atoms with Crippen molar-refractivity contribution < 1.29 is 19.1 Å². The van der Waals surface area contributed by atoms with Crippen molar-refractivity contribution in [1.29, 1.82) is 0 Å². The number of piperidine rings is 1. The van der Waals surface area contributed by atoms with Crippen LogP contribution in [0.2, 0.25) is 0 Å². The first kappa shape index (κ1) is 20.2. The van der Waals surface area contributed by atoms with Crippen molar-refractivity contribution >= 4 is 18.0 Å². The van der Waals surface area contributed by atoms with Crippen molar-refractivity contribution in [3.63, 3.8) is 0 Å². The largest absolute Gasteiger partial charge is 0.467 e. The molecule has 6 nitrogen and oxygen atoms in total. The number of benzene rings is 2. The fourth-order valence-electron chi connectivity index (χ4n) is 3.96. The van der Waals surface area contributed by atoms with E-state index in [2.05, 4.69) is 39.2 Å². The molecule has 0 aromatic heterocycles. The van der Waals surface area contributed by atoms with E-state index in [0.29, 0.717) is 11.3 Å². The number of carbonyl (C=O) groups is 2. The van der Waals surface area contributed by atoms with Crippen LogP contribution in [0.5, 0.6) is 5.75 Å². The second-order valence-corrected chi connectivity index (χ2v) is 7.74. The zero-order valence-electron chi connectivity index (χ0n) is 17.1. The number of nitrogens with zero attached hydrogens (tertiary/aromatic N) is 1. The molecule has 2 aliphatic rings. The molecule has 2 heterocycles. The minimum Gasteiger partial charge on any atom is -0.467 e. The number of carbonyl (C=O) groups excluding carboxylic acids is 2. The van der Waals surface area contributed by atoms with Crippen LogP contribution in [0.3, 0.4) is 0 Å². The fraction of sp³-hybridized carbons (Fsp3) is 0.333. The van der Waals surface area contributed by atoms with Crippen molar-refractivity contribution in [2.24, 2.45) is 0 Å². The maximum atomic E-state index is 12.8. The fourth-order valence-corrected chi connectivity index (χ4v) is 3.96. The highest BCUT2D eigenvalue weighted by atomic mass is 16.5. The molecule has 2 aromatic rings. The summed E-state index contributed by atoms with van der Waals surface area (Å²) in [4.78, 5) is 26.5. The Morgan fingerprint density at radius 2 is 1.97 bits per heavy atom. The lowest BCUT2D eigenvalue weighted by Gasteiger charge is -2.44. The van der Waals surface area contributed by atoms with E-state index in [1.807, 2.05) is 12.1 Å². The van der Waals surface area contributed by atoms with Gasteiger partial charge in [0.05, 0.1) is 12.7 Å². The molecule has 0 bridgehead atoms. The third-order valence-corrected chi connectivity index (χ3v) is 5.73. The standard InChI is InChI=1S/C24H26N2O4/c1-29-22(27)10-8-19-7-9-21-20(17-19)23(28)25-24(30-21)12-15-26(16-13-24)14-11-18-5-3-2-4-6-18/h2-10,17H,11-16H2,1H3,(H,25,28)/b10-8+. The van der Waals surface area contributed by atoms with Crippen LogP contribution in [0.1, 0.15) is 34.3 Å². The average molecular weight is 406 g/mol. The van der Waals surface area contributed by atoms with Crippen LogP contribution in [-0.4, -0.2) is 49.2 Å². The SMILES string of the molecule is COC(=O)/C=C/c1ccc2c(c1)C(=O)NC1(CCN(CCc3ccccc3)CC1)O2. The van der Waals surface area contributed by atoms with Crippen LogP contribution in [-0.2, 0) is 16.0 Å². The Hall–Kier alpha value is -3.12. The van der Waals surface area contributed by atoms with Crippen LogP contribution in [0.4, 0.5) is 0 Å². The summed E-state index contributed by atoms with van der Waals surface area (Å²) in [5.74, 6) is 0.0143. The topological polar surface area (TPSA) is 67.9 Å². The number of methoxy groups -OCH3 is 1. The van der Waals surface area contributed by atoms with Crippen LogP contribution >= 0.6 is 0 Å². The van der Waals surface area contributed by atoms with E-state index in [-0.39, 0.29) is 5.91 Å². The van der Waals surface area contributed by atoms with Gasteiger partial charge in [-0.05, 0) is 35.8 Å². The van der Waals surface area contributed by atoms with E-state index in [9.17, 15) is 9.59 Å². The van der Waals surface area contributed by atoms with Gasteiger partial charge in [0.25, 0.3) is 5.91 Å². The summed E-state index contributed by atoms with van der Waals surface area (Å²) in [5, 5.41) is 3.08. The summed E-state index contributed by atoms with van der Waals surface area (Å²) in [7, 11) is 1.33. The lowest BCUT2D eigenvalue weighted by atomic mass is 9.96. The predicted molar refractivity (Wildman–Crippen MR) is 114 cm³/mol. The quantitative estimate of drug-likeness (QED) is 0.611. The first-order valence-corrected chi connectivity index (χ1v) is 10.2. The Bertz CT molecular complexity index is 947. The van der Waals surface area contributed by atoms with E-state index in [1.54, 1.807) is 18.2 Å². The molecule has 1 saturated heterocycles. The third-order valence-electron chi connectivity index (χ3n) is 5.73. The molecule has 0 radical (unpaired) electrons. The molecule has 0 aliphatic carbocycles. The maximum absolute atomic E-state index is 12.8. The van der Waals surface area contributed by atoms with Crippen LogP contribution in [0.25, 0.3) is 6.08 Å². The zero-order valence-corrected chi connectivity index (χ0v) is 17.1. The lowest BCUT2D eigenvalue weighted by Crippen LogP contribution is -2.61. The highest BCUT2D eigenvalue weighted by molar-refractivity contribution is 5.99. The number of esters is 1. The predicted octanol–water partition coefficient (Wildman–Crippen LogP) is 3.03. The number of hydrogen-bond acceptors (Lipinski definition) is 5. The Morgan fingerprint density at radius 3 is 2.70 bits per heavy atom. The Balaban J connectivity index is 1.38. The molecule has 1 fully saturated rings. The molecule has 1 spiro atoms. The van der Waals surface area contributed by atoms with Gasteiger partial charge >= 0.3 is 5.97 Å². The first-order chi connectivity index (χ1) is 14.6. The average Bonchev–Trinajstić information content (AvgIpc) is 2.78. The molecule has 6 heteroatoms. The molecular weight excluding hydrogens is 380 g/mol. The number of ether oxygens (including phenoxy) is 2. The smallest absolute Gasteiger partial charge is 0.330 e. The normalized spacial score (nSPS) is 18.0. The van der Waals surface area contributed by atoms with E-state index in [1.165, 1.54) is 18.7 Å². The van der Waals surface area contributed by atoms with Crippen molar-refractivity contribution in [3.8, 4) is 5.75 Å². The number of hydrogen-bond donors (Lipinski definition) is 1. The van der Waals surface area contributed by atoms with Gasteiger partial charge in [0, 0.05) is 38.6 Å². The van der Waals surface area contributed by atoms with Gasteiger partial charge in [-0.15, -0.1) is 0 Å². The summed E-state index contributed by atoms with van der Waals surface area (Å²) in [5.41, 5.74) is 1.92. The summed E-state index contributed by atoms with van der Waals surface area (Å²) >= 11 is 0. The Kier molecular flexibility index (Phi) is 5.86. The van der Waals surface area contributed by atoms with E-state index >= 15 is 0 Å². The monoisotopic (exact) mass is 406 g/mol.